The molecule has 8 heteroatoms. The quantitative estimate of drug-likeness (QED) is 0.263. The van der Waals surface area contributed by atoms with E-state index in [1.54, 1.807) is 0 Å². The number of ether oxygens (including phenoxy) is 2. The van der Waals surface area contributed by atoms with Crippen molar-refractivity contribution in [1.82, 2.24) is 0 Å². The first-order valence-electron chi connectivity index (χ1n) is 11.0. The Morgan fingerprint density at radius 1 is 0.839 bits per heavy atom. The van der Waals surface area contributed by atoms with E-state index >= 15 is 0 Å². The zero-order valence-corrected chi connectivity index (χ0v) is 17.6. The zero-order chi connectivity index (χ0) is 22.6. The molecule has 2 aliphatic rings. The van der Waals surface area contributed by atoms with Gasteiger partial charge in [-0.05, 0) is 80.5 Å². The molecule has 0 bridgehead atoms. The fraction of sp³-hybridized carbons (Fsp3) is 0.696. The maximum absolute atomic E-state index is 12.9. The summed E-state index contributed by atoms with van der Waals surface area (Å²) in [5.41, 5.74) is 0. The van der Waals surface area contributed by atoms with Crippen LogP contribution >= 0.6 is 0 Å². The van der Waals surface area contributed by atoms with Gasteiger partial charge >= 0.3 is 18.3 Å². The lowest BCUT2D eigenvalue weighted by molar-refractivity contribution is -0.360. The highest BCUT2D eigenvalue weighted by Gasteiger charge is 2.61. The molecule has 0 heterocycles. The Hall–Kier alpha value is -1.86. The zero-order valence-electron chi connectivity index (χ0n) is 17.6. The Kier molecular flexibility index (Phi) is 7.47. The molecule has 1 aromatic rings. The molecule has 3 rings (SSSR count). The van der Waals surface area contributed by atoms with E-state index in [1.807, 2.05) is 0 Å². The van der Waals surface area contributed by atoms with Crippen LogP contribution in [0, 0.1) is 23.7 Å². The van der Waals surface area contributed by atoms with Crippen molar-refractivity contribution < 1.29 is 36.2 Å². The molecule has 0 aliphatic heterocycles. The number of esters is 1. The number of rotatable bonds is 6. The Balaban J connectivity index is 1.46. The molecule has 0 N–H and O–H groups in total. The van der Waals surface area contributed by atoms with Gasteiger partial charge in [-0.25, -0.2) is 0 Å². The molecule has 2 aliphatic carbocycles. The minimum Gasteiger partial charge on any atom is -0.426 e. The molecule has 1 aromatic carbocycles. The summed E-state index contributed by atoms with van der Waals surface area (Å²) in [7, 11) is 0. The number of halogens is 5. The molecular formula is C23H29F5O3. The van der Waals surface area contributed by atoms with Gasteiger partial charge in [0, 0.05) is 0 Å². The monoisotopic (exact) mass is 448 g/mol. The van der Waals surface area contributed by atoms with E-state index < -0.39 is 18.0 Å². The molecule has 31 heavy (non-hydrogen) atoms. The first-order chi connectivity index (χ1) is 14.6. The summed E-state index contributed by atoms with van der Waals surface area (Å²) in [6.07, 6.45) is -1.17. The summed E-state index contributed by atoms with van der Waals surface area (Å²) >= 11 is 0. The van der Waals surface area contributed by atoms with E-state index in [1.165, 1.54) is 32.1 Å². The number of carbonyl (C=O) groups is 1. The van der Waals surface area contributed by atoms with Crippen LogP contribution in [-0.4, -0.2) is 18.3 Å². The van der Waals surface area contributed by atoms with E-state index in [4.69, 9.17) is 4.74 Å². The van der Waals surface area contributed by atoms with Gasteiger partial charge in [0.1, 0.15) is 11.5 Å². The van der Waals surface area contributed by atoms with Crippen LogP contribution in [0.4, 0.5) is 22.0 Å². The summed E-state index contributed by atoms with van der Waals surface area (Å²) in [5.74, 6) is 1.10. The summed E-state index contributed by atoms with van der Waals surface area (Å²) in [4.78, 5) is 12.5. The van der Waals surface area contributed by atoms with Crippen LogP contribution in [0.25, 0.3) is 0 Å². The number of benzene rings is 1. The van der Waals surface area contributed by atoms with Gasteiger partial charge in [-0.15, -0.1) is 0 Å². The second-order valence-corrected chi connectivity index (χ2v) is 8.81. The summed E-state index contributed by atoms with van der Waals surface area (Å²) in [6, 6.07) is 4.15. The number of alkyl halides is 5. The third-order valence-corrected chi connectivity index (χ3v) is 6.86. The van der Waals surface area contributed by atoms with Crippen LogP contribution in [0.2, 0.25) is 0 Å². The highest BCUT2D eigenvalue weighted by Crippen LogP contribution is 2.42. The molecule has 0 radical (unpaired) electrons. The van der Waals surface area contributed by atoms with Gasteiger partial charge in [0.2, 0.25) is 0 Å². The molecule has 2 saturated carbocycles. The minimum absolute atomic E-state index is 0.0905. The normalized spacial score (nSPS) is 27.5. The molecule has 0 spiro atoms. The van der Waals surface area contributed by atoms with Crippen molar-refractivity contribution in [2.75, 3.05) is 0 Å². The van der Waals surface area contributed by atoms with Crippen LogP contribution in [-0.2, 0) is 4.79 Å². The Morgan fingerprint density at radius 3 is 1.81 bits per heavy atom. The average molecular weight is 448 g/mol. The van der Waals surface area contributed by atoms with Crippen molar-refractivity contribution in [1.29, 1.82) is 0 Å². The lowest BCUT2D eigenvalue weighted by atomic mass is 9.69. The van der Waals surface area contributed by atoms with E-state index in [2.05, 4.69) is 11.7 Å². The van der Waals surface area contributed by atoms with E-state index in [-0.39, 0.29) is 17.6 Å². The van der Waals surface area contributed by atoms with Crippen LogP contribution in [0.1, 0.15) is 64.7 Å². The summed E-state index contributed by atoms with van der Waals surface area (Å²) < 4.78 is 71.6. The largest absolute Gasteiger partial charge is 0.499 e. The third-order valence-electron chi connectivity index (χ3n) is 6.86. The highest BCUT2D eigenvalue weighted by molar-refractivity contribution is 5.75. The molecule has 174 valence electrons. The Morgan fingerprint density at radius 2 is 1.32 bits per heavy atom. The van der Waals surface area contributed by atoms with Crippen LogP contribution < -0.4 is 9.47 Å². The lowest BCUT2D eigenvalue weighted by Gasteiger charge is -2.37. The predicted molar refractivity (Wildman–Crippen MR) is 105 cm³/mol. The molecule has 0 saturated heterocycles. The summed E-state index contributed by atoms with van der Waals surface area (Å²) in [5, 5.41) is 0. The van der Waals surface area contributed by atoms with Crippen LogP contribution in [0.5, 0.6) is 11.5 Å². The Labute approximate surface area is 179 Å². The van der Waals surface area contributed by atoms with Gasteiger partial charge in [0.25, 0.3) is 0 Å². The SMILES string of the molecule is CC[C@H]1CC[C@H]([C@H]2CC[C@H](C(=O)Oc3ccc(OC(F)(F)C(F)(F)F)cc3)CC2)CC1. The van der Waals surface area contributed by atoms with Gasteiger partial charge < -0.3 is 9.47 Å². The van der Waals surface area contributed by atoms with Crippen molar-refractivity contribution in [2.45, 2.75) is 77.0 Å². The second kappa shape index (κ2) is 9.74. The van der Waals surface area contributed by atoms with Crippen molar-refractivity contribution in [3.8, 4) is 11.5 Å². The lowest BCUT2D eigenvalue weighted by Crippen LogP contribution is -2.41. The second-order valence-electron chi connectivity index (χ2n) is 8.81. The maximum atomic E-state index is 12.9. The molecule has 2 fully saturated rings. The van der Waals surface area contributed by atoms with Crippen molar-refractivity contribution >= 4 is 5.97 Å². The smallest absolute Gasteiger partial charge is 0.426 e. The van der Waals surface area contributed by atoms with E-state index in [0.29, 0.717) is 5.92 Å². The Bertz CT molecular complexity index is 716. The first kappa shape index (κ1) is 23.8. The summed E-state index contributed by atoms with van der Waals surface area (Å²) in [6.45, 7) is 2.25. The topological polar surface area (TPSA) is 35.5 Å². The number of hydrogen-bond donors (Lipinski definition) is 0. The van der Waals surface area contributed by atoms with Crippen LogP contribution in [0.15, 0.2) is 24.3 Å². The first-order valence-corrected chi connectivity index (χ1v) is 11.0. The maximum Gasteiger partial charge on any atom is 0.499 e. The molecule has 0 atom stereocenters. The molecular weight excluding hydrogens is 419 g/mol. The van der Waals surface area contributed by atoms with Gasteiger partial charge in [0.15, 0.2) is 0 Å². The van der Waals surface area contributed by atoms with Crippen molar-refractivity contribution in [3.63, 3.8) is 0 Å². The van der Waals surface area contributed by atoms with Gasteiger partial charge in [0.05, 0.1) is 5.92 Å². The van der Waals surface area contributed by atoms with E-state index in [9.17, 15) is 26.7 Å². The highest BCUT2D eigenvalue weighted by atomic mass is 19.4. The molecule has 0 unspecified atom stereocenters. The fourth-order valence-corrected chi connectivity index (χ4v) is 4.88. The number of hydrogen-bond acceptors (Lipinski definition) is 3. The van der Waals surface area contributed by atoms with Crippen molar-refractivity contribution in [2.24, 2.45) is 23.7 Å². The van der Waals surface area contributed by atoms with Crippen LogP contribution in [0.3, 0.4) is 0 Å². The van der Waals surface area contributed by atoms with Gasteiger partial charge in [-0.3, -0.25) is 4.79 Å². The number of carbonyl (C=O) groups excluding carboxylic acids is 1. The average Bonchev–Trinajstić information content (AvgIpc) is 2.74. The van der Waals surface area contributed by atoms with Gasteiger partial charge in [-0.2, -0.15) is 22.0 Å². The van der Waals surface area contributed by atoms with Gasteiger partial charge in [-0.1, -0.05) is 26.2 Å². The van der Waals surface area contributed by atoms with Crippen molar-refractivity contribution in [3.05, 3.63) is 24.3 Å². The molecule has 0 aromatic heterocycles. The standard InChI is InChI=1S/C23H29F5O3/c1-2-15-3-5-16(6-4-15)17-7-9-18(10-8-17)21(29)30-19-11-13-20(14-12-19)31-23(27,28)22(24,25)26/h11-18H,2-10H2,1H3/t15-,16-,17-,18-. The third kappa shape index (κ3) is 6.10. The molecule has 3 nitrogen and oxygen atoms in total. The predicted octanol–water partition coefficient (Wildman–Crippen LogP) is 7.15. The molecule has 0 amide bonds. The minimum atomic E-state index is -5.81. The van der Waals surface area contributed by atoms with E-state index in [0.717, 1.165) is 61.8 Å². The fourth-order valence-electron chi connectivity index (χ4n) is 4.88.